The second kappa shape index (κ2) is 10.3. The number of aromatic nitrogens is 3. The summed E-state index contributed by atoms with van der Waals surface area (Å²) >= 11 is 0. The van der Waals surface area contributed by atoms with Gasteiger partial charge in [0.05, 0.1) is 18.4 Å². The monoisotopic (exact) mass is 465 g/mol. The minimum absolute atomic E-state index is 0.0786. The van der Waals surface area contributed by atoms with Crippen LogP contribution in [0.1, 0.15) is 34.1 Å². The Morgan fingerprint density at radius 1 is 1.09 bits per heavy atom. The van der Waals surface area contributed by atoms with Gasteiger partial charge in [-0.3, -0.25) is 19.3 Å². The second-order valence-corrected chi connectivity index (χ2v) is 8.06. The first kappa shape index (κ1) is 23.2. The predicted octanol–water partition coefficient (Wildman–Crippen LogP) is 3.12. The van der Waals surface area contributed by atoms with Crippen LogP contribution in [0.15, 0.2) is 48.9 Å². The van der Waals surface area contributed by atoms with E-state index in [-0.39, 0.29) is 17.9 Å². The van der Waals surface area contributed by atoms with Crippen molar-refractivity contribution in [2.75, 3.05) is 32.1 Å². The van der Waals surface area contributed by atoms with Crippen LogP contribution >= 0.6 is 0 Å². The molecule has 10 heteroatoms. The lowest BCUT2D eigenvalue weighted by atomic mass is 10.1. The molecule has 178 valence electrons. The zero-order valence-electron chi connectivity index (χ0n) is 19.4. The van der Waals surface area contributed by atoms with Gasteiger partial charge in [0.25, 0.3) is 11.8 Å². The summed E-state index contributed by atoms with van der Waals surface area (Å²) in [5.74, 6) is 1.16. The molecule has 1 N–H and O–H groups in total. The molecule has 0 spiro atoms. The number of benzene rings is 1. The van der Waals surface area contributed by atoms with Crippen molar-refractivity contribution in [3.63, 3.8) is 0 Å². The Hall–Kier alpha value is -3.92. The van der Waals surface area contributed by atoms with Crippen LogP contribution in [0, 0.1) is 0 Å². The lowest BCUT2D eigenvalue weighted by Gasteiger charge is -2.30. The molecule has 10 nitrogen and oxygen atoms in total. The van der Waals surface area contributed by atoms with Crippen molar-refractivity contribution in [1.82, 2.24) is 19.7 Å². The lowest BCUT2D eigenvalue weighted by Crippen LogP contribution is -2.42. The van der Waals surface area contributed by atoms with Crippen LogP contribution in [0.4, 0.5) is 5.82 Å². The smallest absolute Gasteiger partial charge is 0.257 e. The van der Waals surface area contributed by atoms with Crippen molar-refractivity contribution in [3.05, 3.63) is 60.0 Å². The van der Waals surface area contributed by atoms with Crippen molar-refractivity contribution >= 4 is 17.6 Å². The third-order valence-electron chi connectivity index (χ3n) is 5.18. The van der Waals surface area contributed by atoms with E-state index >= 15 is 0 Å². The van der Waals surface area contributed by atoms with Crippen molar-refractivity contribution in [2.24, 2.45) is 7.05 Å². The number of hydrogen-bond acceptors (Lipinski definition) is 7. The van der Waals surface area contributed by atoms with E-state index in [1.807, 2.05) is 6.92 Å². The Morgan fingerprint density at radius 2 is 1.85 bits per heavy atom. The lowest BCUT2D eigenvalue weighted by molar-refractivity contribution is 0.0651. The number of pyridine rings is 1. The van der Waals surface area contributed by atoms with E-state index in [0.717, 1.165) is 19.5 Å². The van der Waals surface area contributed by atoms with Gasteiger partial charge in [0.15, 0.2) is 5.82 Å². The first-order valence-corrected chi connectivity index (χ1v) is 10.9. The molecule has 1 aliphatic rings. The van der Waals surface area contributed by atoms with Gasteiger partial charge < -0.3 is 24.4 Å². The maximum absolute atomic E-state index is 12.9. The van der Waals surface area contributed by atoms with Crippen LogP contribution in [0.5, 0.6) is 17.2 Å². The molecular weight excluding hydrogens is 438 g/mol. The number of carbonyl (C=O) groups is 2. The molecule has 1 aromatic carbocycles. The fourth-order valence-electron chi connectivity index (χ4n) is 3.43. The van der Waals surface area contributed by atoms with Gasteiger partial charge in [-0.2, -0.15) is 5.10 Å². The van der Waals surface area contributed by atoms with Gasteiger partial charge in [-0.1, -0.05) is 0 Å². The average molecular weight is 466 g/mol. The summed E-state index contributed by atoms with van der Waals surface area (Å²) in [5.41, 5.74) is 0.773. The van der Waals surface area contributed by atoms with E-state index in [4.69, 9.17) is 14.2 Å². The van der Waals surface area contributed by atoms with Gasteiger partial charge in [-0.15, -0.1) is 0 Å². The third-order valence-corrected chi connectivity index (χ3v) is 5.18. The average Bonchev–Trinajstić information content (AvgIpc) is 3.17. The Labute approximate surface area is 197 Å². The van der Waals surface area contributed by atoms with Crippen molar-refractivity contribution in [1.29, 1.82) is 0 Å². The Balaban J connectivity index is 1.58. The molecule has 1 atom stereocenters. The maximum atomic E-state index is 12.9. The van der Waals surface area contributed by atoms with Crippen LogP contribution < -0.4 is 14.8 Å². The number of carbonyl (C=O) groups excluding carboxylic acids is 2. The molecular formula is C24H27N5O5. The molecule has 2 amide bonds. The fourth-order valence-corrected chi connectivity index (χ4v) is 3.43. The standard InChI is InChI=1S/C24H27N5O5/c1-16(15-32-3)33-19-9-17(23(30)26-22-5-8-28(2)27-22)10-20(12-19)34-21-11-18(13-25-14-21)24(31)29-6-4-7-29/h5,8-14,16H,4,6-7,15H2,1-3H3,(H,26,27,30)/t16-/m0/s1. The molecule has 0 saturated carbocycles. The van der Waals surface area contributed by atoms with Crippen molar-refractivity contribution in [2.45, 2.75) is 19.4 Å². The molecule has 3 heterocycles. The molecule has 3 aromatic rings. The number of ether oxygens (including phenoxy) is 3. The largest absolute Gasteiger partial charge is 0.488 e. The van der Waals surface area contributed by atoms with E-state index < -0.39 is 0 Å². The number of hydrogen-bond donors (Lipinski definition) is 1. The van der Waals surface area contributed by atoms with Crippen LogP contribution in [-0.2, 0) is 11.8 Å². The van der Waals surface area contributed by atoms with Crippen LogP contribution in [0.3, 0.4) is 0 Å². The van der Waals surface area contributed by atoms with Gasteiger partial charge >= 0.3 is 0 Å². The van der Waals surface area contributed by atoms with E-state index in [1.54, 1.807) is 60.3 Å². The van der Waals surface area contributed by atoms with E-state index in [2.05, 4.69) is 15.4 Å². The first-order chi connectivity index (χ1) is 16.4. The third kappa shape index (κ3) is 5.70. The number of methoxy groups -OCH3 is 1. The molecule has 34 heavy (non-hydrogen) atoms. The van der Waals surface area contributed by atoms with E-state index in [0.29, 0.717) is 40.8 Å². The minimum Gasteiger partial charge on any atom is -0.488 e. The molecule has 0 aliphatic carbocycles. The number of amides is 2. The molecule has 1 saturated heterocycles. The highest BCUT2D eigenvalue weighted by Crippen LogP contribution is 2.29. The van der Waals surface area contributed by atoms with Gasteiger partial charge in [0.1, 0.15) is 23.4 Å². The second-order valence-electron chi connectivity index (χ2n) is 8.06. The highest BCUT2D eigenvalue weighted by Gasteiger charge is 2.22. The number of nitrogens with one attached hydrogen (secondary N) is 1. The fraction of sp³-hybridized carbons (Fsp3) is 0.333. The Morgan fingerprint density at radius 3 is 2.53 bits per heavy atom. The molecule has 2 aromatic heterocycles. The topological polar surface area (TPSA) is 108 Å². The number of anilines is 1. The quantitative estimate of drug-likeness (QED) is 0.517. The van der Waals surface area contributed by atoms with Crippen LogP contribution in [0.25, 0.3) is 0 Å². The Kier molecular flexibility index (Phi) is 7.07. The van der Waals surface area contributed by atoms with E-state index in [9.17, 15) is 9.59 Å². The van der Waals surface area contributed by atoms with Gasteiger partial charge in [0, 0.05) is 57.3 Å². The number of rotatable bonds is 9. The summed E-state index contributed by atoms with van der Waals surface area (Å²) in [5, 5.41) is 6.93. The normalized spacial score (nSPS) is 13.7. The summed E-state index contributed by atoms with van der Waals surface area (Å²) in [4.78, 5) is 31.3. The SMILES string of the molecule is COC[C@H](C)Oc1cc(Oc2cncc(C(=O)N3CCC3)c2)cc(C(=O)Nc2ccn(C)n2)c1. The molecule has 1 aliphatic heterocycles. The zero-order valence-corrected chi connectivity index (χ0v) is 19.4. The summed E-state index contributed by atoms with van der Waals surface area (Å²) in [7, 11) is 3.36. The molecule has 1 fully saturated rings. The Bertz CT molecular complexity index is 1170. The maximum Gasteiger partial charge on any atom is 0.257 e. The summed E-state index contributed by atoms with van der Waals surface area (Å²) in [6, 6.07) is 8.23. The minimum atomic E-state index is -0.367. The van der Waals surface area contributed by atoms with Crippen molar-refractivity contribution in [3.8, 4) is 17.2 Å². The van der Waals surface area contributed by atoms with E-state index in [1.165, 1.54) is 12.4 Å². The number of likely N-dealkylation sites (tertiary alicyclic amines) is 1. The van der Waals surface area contributed by atoms with Crippen molar-refractivity contribution < 1.29 is 23.8 Å². The zero-order chi connectivity index (χ0) is 24.1. The van der Waals surface area contributed by atoms with Gasteiger partial charge in [-0.05, 0) is 31.5 Å². The van der Waals surface area contributed by atoms with Crippen LogP contribution in [0.2, 0.25) is 0 Å². The number of aryl methyl sites for hydroxylation is 1. The highest BCUT2D eigenvalue weighted by molar-refractivity contribution is 6.04. The highest BCUT2D eigenvalue weighted by atomic mass is 16.5. The van der Waals surface area contributed by atoms with Gasteiger partial charge in [-0.25, -0.2) is 0 Å². The molecule has 0 radical (unpaired) electrons. The molecule has 0 bridgehead atoms. The van der Waals surface area contributed by atoms with Gasteiger partial charge in [0.2, 0.25) is 0 Å². The molecule has 4 rings (SSSR count). The summed E-state index contributed by atoms with van der Waals surface area (Å²) in [6.07, 6.45) is 5.53. The predicted molar refractivity (Wildman–Crippen MR) is 124 cm³/mol. The first-order valence-electron chi connectivity index (χ1n) is 10.9. The molecule has 0 unspecified atom stereocenters. The van der Waals surface area contributed by atoms with Crippen LogP contribution in [-0.4, -0.2) is 64.4 Å². The number of nitrogens with zero attached hydrogens (tertiary/aromatic N) is 4. The summed E-state index contributed by atoms with van der Waals surface area (Å²) < 4.78 is 18.6. The summed E-state index contributed by atoms with van der Waals surface area (Å²) in [6.45, 7) is 3.74.